The Morgan fingerprint density at radius 1 is 1.21 bits per heavy atom. The van der Waals surface area contributed by atoms with Crippen molar-refractivity contribution in [2.24, 2.45) is 0 Å². The van der Waals surface area contributed by atoms with Crippen LogP contribution in [0.4, 0.5) is 0 Å². The van der Waals surface area contributed by atoms with Crippen LogP contribution in [-0.2, 0) is 6.54 Å². The molecule has 1 aliphatic carbocycles. The Labute approximate surface area is 175 Å². The van der Waals surface area contributed by atoms with Gasteiger partial charge in [-0.3, -0.25) is 0 Å². The molecule has 1 aromatic carbocycles. The molecular weight excluding hydrogens is 382 g/mol. The van der Waals surface area contributed by atoms with Crippen molar-refractivity contribution in [3.05, 3.63) is 54.2 Å². The van der Waals surface area contributed by atoms with Crippen LogP contribution in [-0.4, -0.2) is 25.0 Å². The molecule has 4 rings (SSSR count). The average Bonchev–Trinajstić information content (AvgIpc) is 3.37. The van der Waals surface area contributed by atoms with Gasteiger partial charge >= 0.3 is 0 Å². The third-order valence-electron chi connectivity index (χ3n) is 5.36. The zero-order valence-corrected chi connectivity index (χ0v) is 17.9. The van der Waals surface area contributed by atoms with E-state index in [1.807, 2.05) is 24.3 Å². The van der Waals surface area contributed by atoms with Crippen LogP contribution in [0.2, 0.25) is 0 Å². The number of aryl methyl sites for hydroxylation is 1. The van der Waals surface area contributed by atoms with E-state index < -0.39 is 0 Å². The Kier molecular flexibility index (Phi) is 6.13. The van der Waals surface area contributed by atoms with E-state index in [9.17, 15) is 0 Å². The van der Waals surface area contributed by atoms with E-state index in [-0.39, 0.29) is 5.25 Å². The van der Waals surface area contributed by atoms with Crippen molar-refractivity contribution in [2.75, 3.05) is 0 Å². The van der Waals surface area contributed by atoms with E-state index in [2.05, 4.69) is 51.5 Å². The lowest BCUT2D eigenvalue weighted by atomic mass is 9.89. The molecule has 0 bridgehead atoms. The monoisotopic (exact) mass is 409 g/mol. The Hall–Kier alpha value is -2.41. The molecule has 0 amide bonds. The molecule has 1 atom stereocenters. The summed E-state index contributed by atoms with van der Waals surface area (Å²) in [7, 11) is 0. The zero-order chi connectivity index (χ0) is 20.2. The van der Waals surface area contributed by atoms with E-state index in [1.165, 1.54) is 32.1 Å². The minimum atomic E-state index is -0.0203. The second-order valence-corrected chi connectivity index (χ2v) is 8.96. The molecular formula is C22H27N5OS. The Morgan fingerprint density at radius 3 is 2.79 bits per heavy atom. The molecule has 1 fully saturated rings. The molecule has 0 radical (unpaired) electrons. The highest BCUT2D eigenvalue weighted by molar-refractivity contribution is 7.99. The Bertz CT molecular complexity index is 973. The van der Waals surface area contributed by atoms with Crippen molar-refractivity contribution >= 4 is 11.8 Å². The van der Waals surface area contributed by atoms with Gasteiger partial charge in [0.05, 0.1) is 5.25 Å². The molecule has 3 aromatic rings. The molecule has 1 aliphatic rings. The van der Waals surface area contributed by atoms with Gasteiger partial charge < -0.3 is 8.98 Å². The second-order valence-electron chi connectivity index (χ2n) is 7.65. The van der Waals surface area contributed by atoms with E-state index in [1.54, 1.807) is 11.8 Å². The predicted octanol–water partition coefficient (Wildman–Crippen LogP) is 5.72. The van der Waals surface area contributed by atoms with E-state index >= 15 is 0 Å². The highest BCUT2D eigenvalue weighted by Gasteiger charge is 2.25. The first-order valence-corrected chi connectivity index (χ1v) is 11.1. The third-order valence-corrected chi connectivity index (χ3v) is 6.43. The largest absolute Gasteiger partial charge is 0.419 e. The van der Waals surface area contributed by atoms with Gasteiger partial charge in [-0.2, -0.15) is 0 Å². The fourth-order valence-electron chi connectivity index (χ4n) is 3.85. The van der Waals surface area contributed by atoms with Crippen LogP contribution < -0.4 is 0 Å². The van der Waals surface area contributed by atoms with Crippen molar-refractivity contribution in [2.45, 2.75) is 68.8 Å². The van der Waals surface area contributed by atoms with Gasteiger partial charge in [0.15, 0.2) is 5.16 Å². The molecule has 2 heterocycles. The maximum atomic E-state index is 5.96. The van der Waals surface area contributed by atoms with Gasteiger partial charge in [0.25, 0.3) is 0 Å². The number of rotatable bonds is 7. The van der Waals surface area contributed by atoms with Crippen LogP contribution in [0.5, 0.6) is 0 Å². The molecule has 0 saturated heterocycles. The number of allylic oxidation sites excluding steroid dienone is 1. The molecule has 0 N–H and O–H groups in total. The molecule has 152 valence electrons. The van der Waals surface area contributed by atoms with Crippen molar-refractivity contribution in [3.8, 4) is 11.5 Å². The highest BCUT2D eigenvalue weighted by Crippen LogP contribution is 2.37. The maximum Gasteiger partial charge on any atom is 0.247 e. The van der Waals surface area contributed by atoms with Gasteiger partial charge in [-0.15, -0.1) is 27.0 Å². The van der Waals surface area contributed by atoms with Gasteiger partial charge in [-0.05, 0) is 38.8 Å². The van der Waals surface area contributed by atoms with Crippen LogP contribution in [0, 0.1) is 6.92 Å². The van der Waals surface area contributed by atoms with Crippen molar-refractivity contribution in [3.63, 3.8) is 0 Å². The highest BCUT2D eigenvalue weighted by atomic mass is 32.2. The van der Waals surface area contributed by atoms with Crippen LogP contribution in [0.3, 0.4) is 0 Å². The van der Waals surface area contributed by atoms with Gasteiger partial charge in [0.1, 0.15) is 5.82 Å². The SMILES string of the molecule is C=CCn1c(S[C@@H](C)c2nnc(-c3cccc(C)c3)o2)nnc1C1CCCCC1. The number of hydrogen-bond donors (Lipinski definition) is 0. The van der Waals surface area contributed by atoms with Gasteiger partial charge in [0.2, 0.25) is 11.8 Å². The van der Waals surface area contributed by atoms with Crippen LogP contribution >= 0.6 is 11.8 Å². The Morgan fingerprint density at radius 2 is 2.03 bits per heavy atom. The quantitative estimate of drug-likeness (QED) is 0.367. The molecule has 0 unspecified atom stereocenters. The van der Waals surface area contributed by atoms with Crippen LogP contribution in [0.25, 0.3) is 11.5 Å². The lowest BCUT2D eigenvalue weighted by Gasteiger charge is -2.21. The smallest absolute Gasteiger partial charge is 0.247 e. The summed E-state index contributed by atoms with van der Waals surface area (Å²) < 4.78 is 8.16. The number of aromatic nitrogens is 5. The van der Waals surface area contributed by atoms with Crippen molar-refractivity contribution in [1.29, 1.82) is 0 Å². The number of thioether (sulfide) groups is 1. The molecule has 7 heteroatoms. The summed E-state index contributed by atoms with van der Waals surface area (Å²) in [6, 6.07) is 8.08. The first-order valence-electron chi connectivity index (χ1n) is 10.3. The first kappa shape index (κ1) is 19.9. The van der Waals surface area contributed by atoms with Crippen molar-refractivity contribution in [1.82, 2.24) is 25.0 Å². The lowest BCUT2D eigenvalue weighted by Crippen LogP contribution is -2.12. The van der Waals surface area contributed by atoms with Gasteiger partial charge in [0, 0.05) is 18.0 Å². The third kappa shape index (κ3) is 4.45. The summed E-state index contributed by atoms with van der Waals surface area (Å²) >= 11 is 1.61. The minimum Gasteiger partial charge on any atom is -0.419 e. The standard InChI is InChI=1S/C22H27N5OS/c1-4-13-27-19(17-10-6-5-7-11-17)23-26-22(27)29-16(3)20-24-25-21(28-20)18-12-8-9-15(2)14-18/h4,8-9,12,14,16-17H,1,5-7,10-11,13H2,2-3H3/t16-/m0/s1. The minimum absolute atomic E-state index is 0.0203. The van der Waals surface area contributed by atoms with Crippen LogP contribution in [0.15, 0.2) is 46.5 Å². The maximum absolute atomic E-state index is 5.96. The average molecular weight is 410 g/mol. The summed E-state index contributed by atoms with van der Waals surface area (Å²) in [6.07, 6.45) is 8.17. The van der Waals surface area contributed by atoms with Gasteiger partial charge in [-0.1, -0.05) is 54.8 Å². The second kappa shape index (κ2) is 8.95. The number of benzene rings is 1. The molecule has 29 heavy (non-hydrogen) atoms. The zero-order valence-electron chi connectivity index (χ0n) is 17.0. The van der Waals surface area contributed by atoms with E-state index in [4.69, 9.17) is 4.42 Å². The number of hydrogen-bond acceptors (Lipinski definition) is 6. The summed E-state index contributed by atoms with van der Waals surface area (Å²) in [6.45, 7) is 8.74. The topological polar surface area (TPSA) is 69.6 Å². The van der Waals surface area contributed by atoms with Crippen LogP contribution in [0.1, 0.15) is 67.5 Å². The number of nitrogens with zero attached hydrogens (tertiary/aromatic N) is 5. The summed E-state index contributed by atoms with van der Waals surface area (Å²) in [5.74, 6) is 2.73. The normalized spacial score (nSPS) is 16.1. The molecule has 1 saturated carbocycles. The fraction of sp³-hybridized carbons (Fsp3) is 0.455. The molecule has 0 aliphatic heterocycles. The van der Waals surface area contributed by atoms with E-state index in [0.717, 1.165) is 22.1 Å². The first-order chi connectivity index (χ1) is 14.2. The summed E-state index contributed by atoms with van der Waals surface area (Å²) in [4.78, 5) is 0. The lowest BCUT2D eigenvalue weighted by molar-refractivity contribution is 0.415. The molecule has 0 spiro atoms. The van der Waals surface area contributed by atoms with E-state index in [0.29, 0.717) is 24.2 Å². The van der Waals surface area contributed by atoms with Gasteiger partial charge in [-0.25, -0.2) is 0 Å². The van der Waals surface area contributed by atoms with Crippen molar-refractivity contribution < 1.29 is 4.42 Å². The molecule has 2 aromatic heterocycles. The fourth-order valence-corrected chi connectivity index (χ4v) is 4.75. The molecule has 6 nitrogen and oxygen atoms in total. The summed E-state index contributed by atoms with van der Waals surface area (Å²) in [5.41, 5.74) is 2.10. The summed E-state index contributed by atoms with van der Waals surface area (Å²) in [5, 5.41) is 18.4. The Balaban J connectivity index is 1.53. The predicted molar refractivity (Wildman–Crippen MR) is 115 cm³/mol.